The van der Waals surface area contributed by atoms with Crippen molar-refractivity contribution >= 4 is 28.6 Å². The van der Waals surface area contributed by atoms with Gasteiger partial charge in [0.1, 0.15) is 0 Å². The Morgan fingerprint density at radius 3 is 1.94 bits per heavy atom. The molecule has 0 saturated carbocycles. The minimum absolute atomic E-state index is 0.196. The van der Waals surface area contributed by atoms with Crippen LogP contribution in [0, 0.1) is 0 Å². The van der Waals surface area contributed by atoms with Crippen molar-refractivity contribution in [2.24, 2.45) is 0 Å². The number of nitrogens with two attached hydrogens (primary N) is 1. The van der Waals surface area contributed by atoms with Gasteiger partial charge in [-0.3, -0.25) is 20.2 Å². The first-order valence-corrected chi connectivity index (χ1v) is 9.93. The zero-order valence-corrected chi connectivity index (χ0v) is 17.6. The summed E-state index contributed by atoms with van der Waals surface area (Å²) in [6.45, 7) is 1.81. The van der Waals surface area contributed by atoms with Crippen LogP contribution in [0.15, 0.2) is 66.7 Å². The number of nitrogen functional groups attached to an aromatic ring is 1. The molecule has 7 heteroatoms. The molecule has 4 rings (SSSR count). The summed E-state index contributed by atoms with van der Waals surface area (Å²) in [6, 6.07) is 19.5. The number of rotatable bonds is 6. The molecule has 0 saturated heterocycles. The number of hydrogen-bond acceptors (Lipinski definition) is 7. The van der Waals surface area contributed by atoms with Gasteiger partial charge >= 0.3 is 0 Å². The van der Waals surface area contributed by atoms with Crippen LogP contribution in [0.2, 0.25) is 0 Å². The Hall–Kier alpha value is -3.52. The molecule has 1 aliphatic rings. The first-order valence-electron chi connectivity index (χ1n) is 9.93. The molecule has 0 amide bonds. The highest BCUT2D eigenvalue weighted by molar-refractivity contribution is 6.31. The fraction of sp³-hybridized carbons (Fsp3) is 0.167. The maximum absolute atomic E-state index is 13.5. The molecule has 7 nitrogen and oxygen atoms in total. The van der Waals surface area contributed by atoms with E-state index in [9.17, 15) is 9.59 Å². The van der Waals surface area contributed by atoms with E-state index < -0.39 is 5.85 Å². The lowest BCUT2D eigenvalue weighted by atomic mass is 9.82. The molecule has 0 bridgehead atoms. The molecule has 31 heavy (non-hydrogen) atoms. The van der Waals surface area contributed by atoms with Gasteiger partial charge in [-0.15, -0.1) is 0 Å². The lowest BCUT2D eigenvalue weighted by Gasteiger charge is -2.37. The Morgan fingerprint density at radius 2 is 1.35 bits per heavy atom. The summed E-state index contributed by atoms with van der Waals surface area (Å²) in [4.78, 5) is 33.1. The van der Waals surface area contributed by atoms with Crippen LogP contribution in [0.3, 0.4) is 0 Å². The Morgan fingerprint density at radius 1 is 0.806 bits per heavy atom. The van der Waals surface area contributed by atoms with E-state index >= 15 is 0 Å². The smallest absolute Gasteiger partial charge is 0.197 e. The summed E-state index contributed by atoms with van der Waals surface area (Å²) < 4.78 is 0. The van der Waals surface area contributed by atoms with Crippen molar-refractivity contribution in [3.8, 4) is 0 Å². The highest BCUT2D eigenvalue weighted by Crippen LogP contribution is 2.40. The molecule has 0 unspecified atom stereocenters. The highest BCUT2D eigenvalue weighted by atomic mass is 16.7. The van der Waals surface area contributed by atoms with Crippen LogP contribution in [0.4, 0.5) is 17.1 Å². The lowest BCUT2D eigenvalue weighted by molar-refractivity contribution is -0.0730. The predicted molar refractivity (Wildman–Crippen MR) is 120 cm³/mol. The number of anilines is 3. The average molecular weight is 416 g/mol. The van der Waals surface area contributed by atoms with Crippen LogP contribution >= 0.6 is 0 Å². The van der Waals surface area contributed by atoms with E-state index in [1.54, 1.807) is 55.6 Å². The zero-order chi connectivity index (χ0) is 22.2. The minimum atomic E-state index is -0.955. The number of fused-ring (bicyclic) bond motifs is 2. The summed E-state index contributed by atoms with van der Waals surface area (Å²) in [7, 11) is 3.51. The largest absolute Gasteiger partial charge is 0.398 e. The van der Waals surface area contributed by atoms with Crippen molar-refractivity contribution in [1.29, 1.82) is 0 Å². The molecule has 0 atom stereocenters. The summed E-state index contributed by atoms with van der Waals surface area (Å²) in [5.41, 5.74) is 8.68. The lowest BCUT2D eigenvalue weighted by Crippen LogP contribution is -2.56. The maximum Gasteiger partial charge on any atom is 0.197 e. The highest BCUT2D eigenvalue weighted by Gasteiger charge is 2.36. The Labute approximate surface area is 180 Å². The van der Waals surface area contributed by atoms with Gasteiger partial charge in [0.05, 0.1) is 22.5 Å². The van der Waals surface area contributed by atoms with Crippen molar-refractivity contribution < 1.29 is 14.4 Å². The van der Waals surface area contributed by atoms with E-state index in [0.717, 1.165) is 0 Å². The second-order valence-electron chi connectivity index (χ2n) is 7.38. The Balaban J connectivity index is 1.96. The second kappa shape index (κ2) is 7.96. The molecule has 1 aliphatic carbocycles. The van der Waals surface area contributed by atoms with Gasteiger partial charge in [0.15, 0.2) is 17.4 Å². The predicted octanol–water partition coefficient (Wildman–Crippen LogP) is 3.23. The van der Waals surface area contributed by atoms with Crippen molar-refractivity contribution in [3.63, 3.8) is 0 Å². The number of carbonyl (C=O) groups excluding carboxylic acids is 2. The van der Waals surface area contributed by atoms with Crippen molar-refractivity contribution in [2.75, 3.05) is 24.9 Å². The molecule has 158 valence electrons. The van der Waals surface area contributed by atoms with Gasteiger partial charge in [-0.2, -0.15) is 0 Å². The van der Waals surface area contributed by atoms with Gasteiger partial charge in [-0.05, 0) is 45.3 Å². The van der Waals surface area contributed by atoms with E-state index in [0.29, 0.717) is 22.5 Å². The number of nitrogens with zero attached hydrogens (tertiary/aromatic N) is 1. The zero-order valence-electron chi connectivity index (χ0n) is 17.6. The minimum Gasteiger partial charge on any atom is -0.398 e. The summed E-state index contributed by atoms with van der Waals surface area (Å²) >= 11 is 0. The van der Waals surface area contributed by atoms with Gasteiger partial charge in [-0.25, -0.2) is 9.90 Å². The maximum atomic E-state index is 13.5. The quantitative estimate of drug-likeness (QED) is 0.252. The third-order valence-corrected chi connectivity index (χ3v) is 5.52. The second-order valence-corrected chi connectivity index (χ2v) is 7.38. The van der Waals surface area contributed by atoms with Gasteiger partial charge in [0.25, 0.3) is 0 Å². The number of ketones is 2. The molecular formula is C24H24N4O3. The molecule has 0 aromatic heterocycles. The molecule has 0 heterocycles. The molecular weight excluding hydrogens is 392 g/mol. The topological polar surface area (TPSA) is 96.7 Å². The first-order chi connectivity index (χ1) is 14.9. The molecule has 3 aromatic rings. The van der Waals surface area contributed by atoms with Crippen LogP contribution in [0.5, 0.6) is 0 Å². The van der Waals surface area contributed by atoms with Gasteiger partial charge in [0, 0.05) is 16.8 Å². The Bertz CT molecular complexity index is 1160. The fourth-order valence-corrected chi connectivity index (χ4v) is 3.60. The van der Waals surface area contributed by atoms with Gasteiger partial charge < -0.3 is 5.73 Å². The average Bonchev–Trinajstić information content (AvgIpc) is 2.81. The number of para-hydroxylation sites is 1. The summed E-state index contributed by atoms with van der Waals surface area (Å²) in [5.74, 6) is -1.50. The van der Waals surface area contributed by atoms with Crippen LogP contribution in [-0.2, 0) is 4.84 Å². The van der Waals surface area contributed by atoms with E-state index in [2.05, 4.69) is 10.6 Å². The normalized spacial score (nSPS) is 13.0. The van der Waals surface area contributed by atoms with Crippen LogP contribution in [0.25, 0.3) is 0 Å². The van der Waals surface area contributed by atoms with Crippen molar-refractivity contribution in [2.45, 2.75) is 12.8 Å². The monoisotopic (exact) mass is 416 g/mol. The van der Waals surface area contributed by atoms with E-state index in [-0.39, 0.29) is 28.4 Å². The molecule has 3 aromatic carbocycles. The number of benzene rings is 3. The van der Waals surface area contributed by atoms with Crippen LogP contribution < -0.4 is 21.4 Å². The van der Waals surface area contributed by atoms with E-state index in [1.807, 2.05) is 37.3 Å². The summed E-state index contributed by atoms with van der Waals surface area (Å²) in [6.07, 6.45) is 0. The molecule has 0 aliphatic heterocycles. The van der Waals surface area contributed by atoms with Crippen molar-refractivity contribution in [3.05, 3.63) is 89.0 Å². The van der Waals surface area contributed by atoms with Crippen molar-refractivity contribution in [1.82, 2.24) is 10.6 Å². The van der Waals surface area contributed by atoms with Gasteiger partial charge in [-0.1, -0.05) is 42.5 Å². The number of hydrogen-bond donors (Lipinski definition) is 3. The fourth-order valence-electron chi connectivity index (χ4n) is 3.60. The molecule has 0 radical (unpaired) electrons. The standard InChI is InChI=1S/C24H24N4O3/c1-24(26-2,27-3)31-28(15-9-5-4-6-10-15)19-14-13-18(25)20-21(19)23(30)17-12-8-7-11-16(17)22(20)29/h4-14,26-27H,25H2,1-3H3. The van der Waals surface area contributed by atoms with E-state index in [1.165, 1.54) is 0 Å². The number of carbonyl (C=O) groups is 2. The Kier molecular flexibility index (Phi) is 5.32. The van der Waals surface area contributed by atoms with E-state index in [4.69, 9.17) is 10.6 Å². The van der Waals surface area contributed by atoms with Gasteiger partial charge in [0.2, 0.25) is 0 Å². The first kappa shape index (κ1) is 20.7. The number of nitrogens with one attached hydrogen (secondary N) is 2. The molecule has 0 fully saturated rings. The van der Waals surface area contributed by atoms with Crippen LogP contribution in [-0.4, -0.2) is 31.5 Å². The van der Waals surface area contributed by atoms with Crippen LogP contribution in [0.1, 0.15) is 38.8 Å². The SMILES string of the molecule is CNC(C)(NC)ON(c1ccccc1)c1ccc(N)c2c1C(=O)c1ccccc1C2=O. The molecule has 0 spiro atoms. The summed E-state index contributed by atoms with van der Waals surface area (Å²) in [5, 5.41) is 7.69. The molecule has 4 N–H and O–H groups in total. The third kappa shape index (κ3) is 3.48. The third-order valence-electron chi connectivity index (χ3n) is 5.52.